The number of piperidine rings is 1. The maximum absolute atomic E-state index is 13.1. The van der Waals surface area contributed by atoms with Crippen LogP contribution in [-0.2, 0) is 26.0 Å². The van der Waals surface area contributed by atoms with E-state index in [0.29, 0.717) is 37.4 Å². The third kappa shape index (κ3) is 6.79. The molecular formula is C24H30N2O6S. The number of carbonyl (C=O) groups excluding carboxylic acids is 2. The highest BCUT2D eigenvalue weighted by Crippen LogP contribution is 2.31. The van der Waals surface area contributed by atoms with E-state index in [0.717, 1.165) is 24.8 Å². The number of nitrogens with one attached hydrogen (secondary N) is 1. The highest BCUT2D eigenvalue weighted by molar-refractivity contribution is 7.89. The highest BCUT2D eigenvalue weighted by atomic mass is 32.2. The van der Waals surface area contributed by atoms with Crippen LogP contribution in [0.1, 0.15) is 38.2 Å². The van der Waals surface area contributed by atoms with Crippen LogP contribution in [0, 0.1) is 0 Å². The number of benzene rings is 2. The molecule has 9 heteroatoms. The largest absolute Gasteiger partial charge is 0.495 e. The van der Waals surface area contributed by atoms with E-state index in [2.05, 4.69) is 5.32 Å². The van der Waals surface area contributed by atoms with E-state index in [9.17, 15) is 18.0 Å². The van der Waals surface area contributed by atoms with Crippen LogP contribution in [0.25, 0.3) is 0 Å². The molecule has 3 rings (SSSR count). The van der Waals surface area contributed by atoms with Gasteiger partial charge in [-0.25, -0.2) is 8.42 Å². The number of hydrogen-bond acceptors (Lipinski definition) is 6. The van der Waals surface area contributed by atoms with E-state index >= 15 is 0 Å². The van der Waals surface area contributed by atoms with Gasteiger partial charge in [0, 0.05) is 25.2 Å². The van der Waals surface area contributed by atoms with Crippen molar-refractivity contribution in [3.8, 4) is 11.5 Å². The number of carbonyl (C=O) groups is 2. The number of aryl methyl sites for hydroxylation is 1. The Morgan fingerprint density at radius 3 is 2.36 bits per heavy atom. The first-order valence-corrected chi connectivity index (χ1v) is 12.4. The average molecular weight is 475 g/mol. The number of anilines is 1. The number of sulfonamides is 1. The maximum Gasteiger partial charge on any atom is 0.262 e. The highest BCUT2D eigenvalue weighted by Gasteiger charge is 2.29. The second-order valence-electron chi connectivity index (χ2n) is 8.01. The molecule has 2 aromatic rings. The van der Waals surface area contributed by atoms with Crippen molar-refractivity contribution < 1.29 is 27.5 Å². The smallest absolute Gasteiger partial charge is 0.262 e. The van der Waals surface area contributed by atoms with Crippen molar-refractivity contribution in [2.24, 2.45) is 0 Å². The summed E-state index contributed by atoms with van der Waals surface area (Å²) in [6.45, 7) is 2.28. The van der Waals surface area contributed by atoms with Crippen LogP contribution in [0.5, 0.6) is 11.5 Å². The Kier molecular flexibility index (Phi) is 8.46. The van der Waals surface area contributed by atoms with Crippen LogP contribution < -0.4 is 14.8 Å². The predicted octanol–water partition coefficient (Wildman–Crippen LogP) is 3.41. The van der Waals surface area contributed by atoms with Gasteiger partial charge in [-0.1, -0.05) is 18.6 Å². The molecule has 0 atom stereocenters. The Balaban J connectivity index is 1.62. The zero-order valence-electron chi connectivity index (χ0n) is 19.0. The number of Topliss-reactive ketones (excluding diaryl/α,β-unsaturated/α-hetero) is 1. The lowest BCUT2D eigenvalue weighted by Crippen LogP contribution is -2.35. The topological polar surface area (TPSA) is 102 Å². The molecule has 1 N–H and O–H groups in total. The van der Waals surface area contributed by atoms with Gasteiger partial charge < -0.3 is 19.6 Å². The molecule has 8 nitrogen and oxygen atoms in total. The minimum absolute atomic E-state index is 0.0340. The van der Waals surface area contributed by atoms with E-state index in [1.807, 2.05) is 12.1 Å². The summed E-state index contributed by atoms with van der Waals surface area (Å²) in [5, 5.41) is 2.68. The number of rotatable bonds is 10. The molecule has 0 spiro atoms. The number of amides is 1. The van der Waals surface area contributed by atoms with Gasteiger partial charge in [-0.15, -0.1) is 0 Å². The number of ketones is 1. The third-order valence-electron chi connectivity index (χ3n) is 5.44. The number of nitrogens with zero attached hydrogens (tertiary/aromatic N) is 1. The Hall–Kier alpha value is -2.91. The first-order chi connectivity index (χ1) is 15.8. The molecule has 1 aliphatic heterocycles. The first kappa shape index (κ1) is 24.7. The number of hydrogen-bond donors (Lipinski definition) is 1. The quantitative estimate of drug-likeness (QED) is 0.566. The Labute approximate surface area is 194 Å². The molecule has 0 saturated carbocycles. The van der Waals surface area contributed by atoms with Crippen LogP contribution in [0.15, 0.2) is 47.4 Å². The average Bonchev–Trinajstić information content (AvgIpc) is 2.82. The van der Waals surface area contributed by atoms with E-state index in [4.69, 9.17) is 9.47 Å². The third-order valence-corrected chi connectivity index (χ3v) is 7.36. The zero-order valence-corrected chi connectivity index (χ0v) is 19.8. The molecule has 1 aliphatic rings. The summed E-state index contributed by atoms with van der Waals surface area (Å²) in [5.74, 6) is 0.485. The SMILES string of the molecule is COc1ccc(NC(=O)COc2ccc(CCC(C)=O)cc2)cc1S(=O)(=O)N1CCCCC1. The lowest BCUT2D eigenvalue weighted by molar-refractivity contribution is -0.118. The Bertz CT molecular complexity index is 1080. The van der Waals surface area contributed by atoms with Crippen LogP contribution in [0.2, 0.25) is 0 Å². The minimum Gasteiger partial charge on any atom is -0.495 e. The molecule has 1 amide bonds. The fraction of sp³-hybridized carbons (Fsp3) is 0.417. The van der Waals surface area contributed by atoms with Crippen molar-refractivity contribution in [2.45, 2.75) is 43.9 Å². The van der Waals surface area contributed by atoms with Crippen LogP contribution >= 0.6 is 0 Å². The fourth-order valence-corrected chi connectivity index (χ4v) is 5.32. The molecule has 0 radical (unpaired) electrons. The van der Waals surface area contributed by atoms with Crippen LogP contribution in [-0.4, -0.2) is 51.2 Å². The molecule has 0 aromatic heterocycles. The molecule has 1 saturated heterocycles. The van der Waals surface area contributed by atoms with Gasteiger partial charge >= 0.3 is 0 Å². The molecule has 0 bridgehead atoms. The van der Waals surface area contributed by atoms with Crippen molar-refractivity contribution in [3.05, 3.63) is 48.0 Å². The molecule has 0 aliphatic carbocycles. The van der Waals surface area contributed by atoms with Crippen molar-refractivity contribution >= 4 is 27.4 Å². The van der Waals surface area contributed by atoms with Gasteiger partial charge in [-0.2, -0.15) is 4.31 Å². The molecule has 1 heterocycles. The summed E-state index contributed by atoms with van der Waals surface area (Å²) in [5.41, 5.74) is 1.36. The fourth-order valence-electron chi connectivity index (χ4n) is 3.62. The maximum atomic E-state index is 13.1. The first-order valence-electron chi connectivity index (χ1n) is 11.0. The summed E-state index contributed by atoms with van der Waals surface area (Å²) in [6.07, 6.45) is 3.82. The van der Waals surface area contributed by atoms with Crippen LogP contribution in [0.4, 0.5) is 5.69 Å². The van der Waals surface area contributed by atoms with Gasteiger partial charge in [-0.3, -0.25) is 4.79 Å². The van der Waals surface area contributed by atoms with Gasteiger partial charge in [-0.05, 0) is 62.1 Å². The Morgan fingerprint density at radius 1 is 1.03 bits per heavy atom. The summed E-state index contributed by atoms with van der Waals surface area (Å²) in [4.78, 5) is 23.5. The van der Waals surface area contributed by atoms with Gasteiger partial charge in [0.25, 0.3) is 5.91 Å². The lowest BCUT2D eigenvalue weighted by atomic mass is 10.1. The summed E-state index contributed by atoms with van der Waals surface area (Å²) in [6, 6.07) is 11.8. The Morgan fingerprint density at radius 2 is 1.73 bits per heavy atom. The number of ether oxygens (including phenoxy) is 2. The van der Waals surface area contributed by atoms with Crippen LogP contribution in [0.3, 0.4) is 0 Å². The van der Waals surface area contributed by atoms with E-state index in [1.54, 1.807) is 25.1 Å². The van der Waals surface area contributed by atoms with E-state index in [-0.39, 0.29) is 23.0 Å². The molecule has 178 valence electrons. The molecule has 2 aromatic carbocycles. The number of methoxy groups -OCH3 is 1. The van der Waals surface area contributed by atoms with E-state index < -0.39 is 15.9 Å². The monoisotopic (exact) mass is 474 g/mol. The van der Waals surface area contributed by atoms with Crippen molar-refractivity contribution in [1.82, 2.24) is 4.31 Å². The molecule has 0 unspecified atom stereocenters. The second kappa shape index (κ2) is 11.3. The summed E-state index contributed by atoms with van der Waals surface area (Å²) in [7, 11) is -2.31. The van der Waals surface area contributed by atoms with Crippen molar-refractivity contribution in [3.63, 3.8) is 0 Å². The second-order valence-corrected chi connectivity index (χ2v) is 9.92. The van der Waals surface area contributed by atoms with Gasteiger partial charge in [0.15, 0.2) is 6.61 Å². The zero-order chi connectivity index (χ0) is 23.8. The molecule has 33 heavy (non-hydrogen) atoms. The van der Waals surface area contributed by atoms with Crippen molar-refractivity contribution in [1.29, 1.82) is 0 Å². The molecular weight excluding hydrogens is 444 g/mol. The predicted molar refractivity (Wildman–Crippen MR) is 125 cm³/mol. The minimum atomic E-state index is -3.73. The van der Waals surface area contributed by atoms with Gasteiger partial charge in [0.05, 0.1) is 7.11 Å². The standard InChI is InChI=1S/C24H30N2O6S/c1-18(27)6-7-19-8-11-21(12-9-19)32-17-24(28)25-20-10-13-22(31-2)23(16-20)33(29,30)26-14-4-3-5-15-26/h8-13,16H,3-7,14-15,17H2,1-2H3,(H,25,28). The normalized spacial score (nSPS) is 14.5. The lowest BCUT2D eigenvalue weighted by Gasteiger charge is -2.26. The van der Waals surface area contributed by atoms with Gasteiger partial charge in [0.1, 0.15) is 22.2 Å². The van der Waals surface area contributed by atoms with Gasteiger partial charge in [0.2, 0.25) is 10.0 Å². The van der Waals surface area contributed by atoms with Crippen molar-refractivity contribution in [2.75, 3.05) is 32.1 Å². The summed E-state index contributed by atoms with van der Waals surface area (Å²) >= 11 is 0. The summed E-state index contributed by atoms with van der Waals surface area (Å²) < 4.78 is 38.5. The van der Waals surface area contributed by atoms with E-state index in [1.165, 1.54) is 23.5 Å². The molecule has 1 fully saturated rings.